The van der Waals surface area contributed by atoms with Crippen LogP contribution >= 0.6 is 0 Å². The number of carbonyl (C=O) groups excluding carboxylic acids is 5. The lowest BCUT2D eigenvalue weighted by Gasteiger charge is -2.47. The zero-order valence-electron chi connectivity index (χ0n) is 33.2. The Morgan fingerprint density at radius 1 is 0.867 bits per heavy atom. The van der Waals surface area contributed by atoms with Gasteiger partial charge in [-0.25, -0.2) is 17.6 Å². The van der Waals surface area contributed by atoms with Crippen molar-refractivity contribution in [3.8, 4) is 5.75 Å². The predicted octanol–water partition coefficient (Wildman–Crippen LogP) is 4.90. The molecule has 3 aromatic carbocycles. The minimum Gasteiger partial charge on any atom is -0.508 e. The Bertz CT molecular complexity index is 2240. The number of fused-ring (bicyclic) bond motifs is 3. The van der Waals surface area contributed by atoms with Crippen LogP contribution in [0.2, 0.25) is 0 Å². The molecule has 0 aromatic heterocycles. The van der Waals surface area contributed by atoms with Crippen molar-refractivity contribution >= 4 is 35.2 Å². The fourth-order valence-electron chi connectivity index (χ4n) is 10.5. The Labute approximate surface area is 344 Å². The van der Waals surface area contributed by atoms with Crippen LogP contribution in [0.3, 0.4) is 0 Å². The van der Waals surface area contributed by atoms with Crippen LogP contribution in [-0.4, -0.2) is 112 Å². The number of benzene rings is 3. The first-order valence-corrected chi connectivity index (χ1v) is 20.7. The molecular formula is C44H46F4N6O6. The number of piperidine rings is 3. The lowest BCUT2D eigenvalue weighted by molar-refractivity contribution is -0.137. The van der Waals surface area contributed by atoms with E-state index in [2.05, 4.69) is 5.32 Å². The van der Waals surface area contributed by atoms with Gasteiger partial charge in [0.05, 0.1) is 30.3 Å². The van der Waals surface area contributed by atoms with Crippen molar-refractivity contribution < 1.29 is 46.6 Å². The maximum Gasteiger partial charge on any atom is 0.262 e. The van der Waals surface area contributed by atoms with Gasteiger partial charge >= 0.3 is 0 Å². The van der Waals surface area contributed by atoms with E-state index in [0.717, 1.165) is 41.7 Å². The summed E-state index contributed by atoms with van der Waals surface area (Å²) < 4.78 is 59.8. The van der Waals surface area contributed by atoms with E-state index in [4.69, 9.17) is 0 Å². The average Bonchev–Trinajstić information content (AvgIpc) is 3.70. The van der Waals surface area contributed by atoms with Gasteiger partial charge in [-0.15, -0.1) is 0 Å². The van der Waals surface area contributed by atoms with Crippen LogP contribution in [0, 0.1) is 17.0 Å². The Kier molecular flexibility index (Phi) is 10.2. The summed E-state index contributed by atoms with van der Waals surface area (Å²) in [6.07, 6.45) is 0.930. The van der Waals surface area contributed by atoms with Gasteiger partial charge in [0.15, 0.2) is 0 Å². The monoisotopic (exact) mass is 830 g/mol. The smallest absolute Gasteiger partial charge is 0.262 e. The van der Waals surface area contributed by atoms with E-state index in [0.29, 0.717) is 62.5 Å². The van der Waals surface area contributed by atoms with E-state index < -0.39 is 66.4 Å². The maximum atomic E-state index is 16.1. The predicted molar refractivity (Wildman–Crippen MR) is 209 cm³/mol. The van der Waals surface area contributed by atoms with Crippen molar-refractivity contribution in [3.63, 3.8) is 0 Å². The summed E-state index contributed by atoms with van der Waals surface area (Å²) in [4.78, 5) is 72.4. The van der Waals surface area contributed by atoms with E-state index in [1.807, 2.05) is 14.7 Å². The number of alkyl halides is 2. The van der Waals surface area contributed by atoms with Crippen LogP contribution in [0.25, 0.3) is 0 Å². The van der Waals surface area contributed by atoms with Crippen molar-refractivity contribution in [1.82, 2.24) is 24.9 Å². The van der Waals surface area contributed by atoms with Crippen LogP contribution in [0.5, 0.6) is 5.75 Å². The zero-order valence-corrected chi connectivity index (χ0v) is 33.2. The number of hydrogen-bond acceptors (Lipinski definition) is 9. The lowest BCUT2D eigenvalue weighted by atomic mass is 9.71. The molecule has 0 aliphatic carbocycles. The highest BCUT2D eigenvalue weighted by molar-refractivity contribution is 6.23. The summed E-state index contributed by atoms with van der Waals surface area (Å²) in [5, 5.41) is 12.3. The fourth-order valence-corrected chi connectivity index (χ4v) is 10.5. The van der Waals surface area contributed by atoms with Crippen LogP contribution < -0.4 is 10.2 Å². The molecule has 0 bridgehead atoms. The number of aromatic hydroxyl groups is 1. The highest BCUT2D eigenvalue weighted by atomic mass is 19.3. The minimum atomic E-state index is -2.71. The standard InChI is InChI=1S/C44H46F4N6O6/c1-24-14-25-15-29(55)2-3-30(25)40(53(24)22-36(47)48)39-33(45)18-28(19-34(39)46)51-10-6-44(7-11-51)8-12-52(13-9-44)38(57)23-50-20-26-16-31-32(17-27(26)21-50)43(60)54(42(31)59)35-4-5-37(56)49-41(35)58/h2-3,15-19,24,35-36,40,55H,4-14,20-23H2,1H3,(H,49,56,58)/t24-,35?,40+/m1/s1. The first kappa shape index (κ1) is 40.1. The molecule has 9 rings (SSSR count). The van der Waals surface area contributed by atoms with Crippen molar-refractivity contribution in [3.05, 3.63) is 93.0 Å². The minimum absolute atomic E-state index is 0.000303. The van der Waals surface area contributed by atoms with Gasteiger partial charge in [-0.2, -0.15) is 0 Å². The lowest BCUT2D eigenvalue weighted by Crippen LogP contribution is -2.54. The third-order valence-corrected chi connectivity index (χ3v) is 13.8. The van der Waals surface area contributed by atoms with Crippen molar-refractivity contribution in [2.45, 2.75) is 89.5 Å². The number of halogens is 4. The number of hydrogen-bond donors (Lipinski definition) is 2. The van der Waals surface area contributed by atoms with E-state index >= 15 is 8.78 Å². The molecule has 12 nitrogen and oxygen atoms in total. The van der Waals surface area contributed by atoms with E-state index in [-0.39, 0.29) is 53.1 Å². The number of rotatable bonds is 7. The zero-order chi connectivity index (χ0) is 42.2. The Morgan fingerprint density at radius 3 is 2.08 bits per heavy atom. The largest absolute Gasteiger partial charge is 0.508 e. The normalized spacial score (nSPS) is 24.3. The van der Waals surface area contributed by atoms with Gasteiger partial charge in [0.2, 0.25) is 17.7 Å². The number of anilines is 1. The van der Waals surface area contributed by atoms with Crippen molar-refractivity contribution in [2.75, 3.05) is 44.2 Å². The Morgan fingerprint density at radius 2 is 1.48 bits per heavy atom. The molecule has 3 saturated heterocycles. The summed E-state index contributed by atoms with van der Waals surface area (Å²) in [6.45, 7) is 4.42. The molecule has 6 heterocycles. The number of likely N-dealkylation sites (tertiary alicyclic amines) is 1. The molecule has 16 heteroatoms. The number of imide groups is 2. The number of nitrogens with one attached hydrogen (secondary N) is 1. The molecule has 316 valence electrons. The van der Waals surface area contributed by atoms with Crippen molar-refractivity contribution in [1.29, 1.82) is 0 Å². The molecule has 0 saturated carbocycles. The molecule has 0 radical (unpaired) electrons. The quantitative estimate of drug-likeness (QED) is 0.252. The first-order valence-electron chi connectivity index (χ1n) is 20.7. The summed E-state index contributed by atoms with van der Waals surface area (Å²) in [7, 11) is 0. The maximum absolute atomic E-state index is 16.1. The van der Waals surface area contributed by atoms with E-state index in [9.17, 15) is 37.9 Å². The molecule has 6 aliphatic heterocycles. The third-order valence-electron chi connectivity index (χ3n) is 13.8. The SMILES string of the molecule is C[C@@H]1Cc2cc(O)ccc2[C@@H](c2c(F)cc(N3CCC4(CCN(C(=O)CN5Cc6cc7c(cc6C5)C(=O)N(C5CCC(=O)NC5=O)C7=O)CC4)CC3)cc2F)N1CC(F)F. The molecule has 2 N–H and O–H groups in total. The molecular weight excluding hydrogens is 785 g/mol. The molecule has 3 fully saturated rings. The van der Waals surface area contributed by atoms with E-state index in [1.165, 1.54) is 29.2 Å². The van der Waals surface area contributed by atoms with Gasteiger partial charge in [0, 0.05) is 63.0 Å². The molecule has 60 heavy (non-hydrogen) atoms. The van der Waals surface area contributed by atoms with Gasteiger partial charge in [0.25, 0.3) is 18.2 Å². The number of phenols is 1. The van der Waals surface area contributed by atoms with Gasteiger partial charge in [0.1, 0.15) is 23.4 Å². The van der Waals surface area contributed by atoms with Crippen LogP contribution in [-0.2, 0) is 33.9 Å². The topological polar surface area (TPSA) is 134 Å². The van der Waals surface area contributed by atoms with E-state index in [1.54, 1.807) is 25.1 Å². The van der Waals surface area contributed by atoms with Crippen molar-refractivity contribution in [2.24, 2.45) is 5.41 Å². The number of carbonyl (C=O) groups is 5. The highest BCUT2D eigenvalue weighted by Gasteiger charge is 2.46. The Balaban J connectivity index is 0.800. The second-order valence-electron chi connectivity index (χ2n) is 17.4. The second-order valence-corrected chi connectivity index (χ2v) is 17.4. The molecule has 3 atom stereocenters. The fraction of sp³-hybridized carbons (Fsp3) is 0.477. The summed E-state index contributed by atoms with van der Waals surface area (Å²) >= 11 is 0. The van der Waals surface area contributed by atoms with Gasteiger partial charge in [-0.1, -0.05) is 6.07 Å². The summed E-state index contributed by atoms with van der Waals surface area (Å²) in [5.74, 6) is -3.84. The molecule has 1 spiro atoms. The van der Waals surface area contributed by atoms with Crippen LogP contribution in [0.4, 0.5) is 23.2 Å². The molecule has 3 aromatic rings. The second kappa shape index (κ2) is 15.3. The Hall–Kier alpha value is -5.35. The third kappa shape index (κ3) is 7.10. The average molecular weight is 831 g/mol. The highest BCUT2D eigenvalue weighted by Crippen LogP contribution is 2.45. The molecule has 6 aliphatic rings. The van der Waals surface area contributed by atoms with Crippen LogP contribution in [0.15, 0.2) is 42.5 Å². The van der Waals surface area contributed by atoms with Gasteiger partial charge in [-0.3, -0.25) is 44.0 Å². The summed E-state index contributed by atoms with van der Waals surface area (Å²) in [5.41, 5.74) is 3.38. The molecule has 1 unspecified atom stereocenters. The number of amides is 5. The van der Waals surface area contributed by atoms with Crippen LogP contribution in [0.1, 0.15) is 100 Å². The first-order chi connectivity index (χ1) is 28.7. The summed E-state index contributed by atoms with van der Waals surface area (Å²) in [6, 6.07) is 7.90. The number of phenolic OH excluding ortho intramolecular Hbond substituents is 1. The van der Waals surface area contributed by atoms with Gasteiger partial charge in [-0.05, 0) is 110 Å². The number of nitrogens with zero attached hydrogens (tertiary/aromatic N) is 5. The molecule has 5 amide bonds. The van der Waals surface area contributed by atoms with Gasteiger partial charge < -0.3 is 14.9 Å².